The van der Waals surface area contributed by atoms with Gasteiger partial charge in [0.1, 0.15) is 6.61 Å². The zero-order chi connectivity index (χ0) is 11.0. The van der Waals surface area contributed by atoms with Crippen LogP contribution < -0.4 is 0 Å². The van der Waals surface area contributed by atoms with Gasteiger partial charge in [-0.15, -0.1) is 13.2 Å². The Hall–Kier alpha value is -1.31. The minimum absolute atomic E-state index is 0.225. The van der Waals surface area contributed by atoms with E-state index in [1.54, 1.807) is 18.2 Å². The number of allylic oxidation sites excluding steroid dienone is 2. The summed E-state index contributed by atoms with van der Waals surface area (Å²) >= 11 is 0. The lowest BCUT2D eigenvalue weighted by molar-refractivity contribution is -0.153. The molecule has 0 rings (SSSR count). The number of carbonyl (C=O) groups is 1. The van der Waals surface area contributed by atoms with E-state index in [-0.39, 0.29) is 12.6 Å². The van der Waals surface area contributed by atoms with Gasteiger partial charge < -0.3 is 4.74 Å². The van der Waals surface area contributed by atoms with Gasteiger partial charge in [-0.05, 0) is 19.8 Å². The molecule has 0 aromatic carbocycles. The van der Waals surface area contributed by atoms with Crippen LogP contribution in [0.1, 0.15) is 19.8 Å². The van der Waals surface area contributed by atoms with Gasteiger partial charge in [0.2, 0.25) is 0 Å². The average Bonchev–Trinajstić information content (AvgIpc) is 2.15. The lowest BCUT2D eigenvalue weighted by Gasteiger charge is -2.24. The summed E-state index contributed by atoms with van der Waals surface area (Å²) < 4.78 is 5.01. The molecule has 0 aromatic rings. The summed E-state index contributed by atoms with van der Waals surface area (Å²) in [5.41, 5.74) is -0.535. The van der Waals surface area contributed by atoms with Crippen LogP contribution in [0, 0.1) is 5.41 Å². The van der Waals surface area contributed by atoms with Gasteiger partial charge in [0.15, 0.2) is 0 Å². The van der Waals surface area contributed by atoms with Gasteiger partial charge in [-0.2, -0.15) is 0 Å². The molecule has 2 heteroatoms. The molecule has 0 aliphatic rings. The summed E-state index contributed by atoms with van der Waals surface area (Å²) in [5.74, 6) is -0.225. The molecule has 0 amide bonds. The van der Waals surface area contributed by atoms with Crippen LogP contribution in [0.4, 0.5) is 0 Å². The van der Waals surface area contributed by atoms with E-state index in [9.17, 15) is 4.79 Å². The smallest absolute Gasteiger partial charge is 0.312 e. The minimum atomic E-state index is -0.535. The quantitative estimate of drug-likeness (QED) is 0.460. The molecule has 0 bridgehead atoms. The number of carbonyl (C=O) groups excluding carboxylic acids is 1. The molecule has 0 aromatic heterocycles. The zero-order valence-corrected chi connectivity index (χ0v) is 8.79. The van der Waals surface area contributed by atoms with Gasteiger partial charge >= 0.3 is 5.97 Å². The molecule has 0 radical (unpaired) electrons. The fraction of sp³-hybridized carbons (Fsp3) is 0.417. The molecule has 2 nitrogen and oxygen atoms in total. The van der Waals surface area contributed by atoms with E-state index in [1.807, 2.05) is 6.92 Å². The van der Waals surface area contributed by atoms with Gasteiger partial charge in [0.05, 0.1) is 5.41 Å². The first-order valence-electron chi connectivity index (χ1n) is 4.60. The molecule has 14 heavy (non-hydrogen) atoms. The third-order valence-electron chi connectivity index (χ3n) is 2.01. The molecular formula is C12H18O2. The maximum Gasteiger partial charge on any atom is 0.312 e. The highest BCUT2D eigenvalue weighted by molar-refractivity contribution is 5.76. The Labute approximate surface area is 86.0 Å². The summed E-state index contributed by atoms with van der Waals surface area (Å²) in [6, 6.07) is 0. The molecule has 0 unspecified atom stereocenters. The largest absolute Gasteiger partial charge is 0.461 e. The van der Waals surface area contributed by atoms with Crippen molar-refractivity contribution < 1.29 is 9.53 Å². The van der Waals surface area contributed by atoms with Crippen LogP contribution in [0.3, 0.4) is 0 Å². The summed E-state index contributed by atoms with van der Waals surface area (Å²) in [4.78, 5) is 11.6. The topological polar surface area (TPSA) is 26.3 Å². The van der Waals surface area contributed by atoms with Gasteiger partial charge in [0, 0.05) is 0 Å². The predicted octanol–water partition coefficient (Wildman–Crippen LogP) is 2.87. The van der Waals surface area contributed by atoms with Crippen molar-refractivity contribution in [3.05, 3.63) is 38.0 Å². The van der Waals surface area contributed by atoms with Crippen molar-refractivity contribution in [3.63, 3.8) is 0 Å². The highest BCUT2D eigenvalue weighted by atomic mass is 16.5. The summed E-state index contributed by atoms with van der Waals surface area (Å²) in [6.45, 7) is 12.8. The average molecular weight is 194 g/mol. The molecular weight excluding hydrogens is 176 g/mol. The lowest BCUT2D eigenvalue weighted by atomic mass is 9.83. The van der Waals surface area contributed by atoms with Crippen LogP contribution in [-0.4, -0.2) is 12.6 Å². The highest BCUT2D eigenvalue weighted by Crippen LogP contribution is 2.28. The number of esters is 1. The SMILES string of the molecule is C=CCOC(=O)C(C)(CC=C)CC=C. The summed E-state index contributed by atoms with van der Waals surface area (Å²) in [7, 11) is 0. The Balaban J connectivity index is 4.44. The lowest BCUT2D eigenvalue weighted by Crippen LogP contribution is -2.29. The Kier molecular flexibility index (Phi) is 5.61. The third kappa shape index (κ3) is 3.60. The Bertz CT molecular complexity index is 218. The minimum Gasteiger partial charge on any atom is -0.461 e. The molecule has 0 heterocycles. The fourth-order valence-electron chi connectivity index (χ4n) is 1.20. The molecule has 0 N–H and O–H groups in total. The van der Waals surface area contributed by atoms with E-state index in [1.165, 1.54) is 0 Å². The van der Waals surface area contributed by atoms with Gasteiger partial charge in [-0.3, -0.25) is 4.79 Å². The molecule has 0 saturated carbocycles. The first kappa shape index (κ1) is 12.7. The van der Waals surface area contributed by atoms with Gasteiger partial charge in [0.25, 0.3) is 0 Å². The maximum atomic E-state index is 11.6. The summed E-state index contributed by atoms with van der Waals surface area (Å²) in [6.07, 6.45) is 6.18. The van der Waals surface area contributed by atoms with Crippen molar-refractivity contribution in [1.29, 1.82) is 0 Å². The van der Waals surface area contributed by atoms with Crippen molar-refractivity contribution >= 4 is 5.97 Å². The van der Waals surface area contributed by atoms with E-state index in [0.717, 1.165) is 0 Å². The first-order chi connectivity index (χ1) is 6.60. The van der Waals surface area contributed by atoms with Crippen LogP contribution in [0.5, 0.6) is 0 Å². The van der Waals surface area contributed by atoms with Crippen molar-refractivity contribution in [3.8, 4) is 0 Å². The van der Waals surface area contributed by atoms with E-state index in [4.69, 9.17) is 4.74 Å². The monoisotopic (exact) mass is 194 g/mol. The number of hydrogen-bond donors (Lipinski definition) is 0. The standard InChI is InChI=1S/C12H18O2/c1-5-8-12(4,9-6-2)11(13)14-10-7-3/h5-7H,1-3,8-10H2,4H3. The van der Waals surface area contributed by atoms with Crippen LogP contribution in [0.2, 0.25) is 0 Å². The molecule has 0 aliphatic carbocycles. The first-order valence-corrected chi connectivity index (χ1v) is 4.60. The van der Waals surface area contributed by atoms with Crippen molar-refractivity contribution in [2.45, 2.75) is 19.8 Å². The van der Waals surface area contributed by atoms with E-state index in [0.29, 0.717) is 12.8 Å². The van der Waals surface area contributed by atoms with Crippen molar-refractivity contribution in [2.24, 2.45) is 5.41 Å². The van der Waals surface area contributed by atoms with Crippen molar-refractivity contribution in [2.75, 3.05) is 6.61 Å². The van der Waals surface area contributed by atoms with Crippen LogP contribution in [-0.2, 0) is 9.53 Å². The van der Waals surface area contributed by atoms with Crippen LogP contribution in [0.25, 0.3) is 0 Å². The van der Waals surface area contributed by atoms with E-state index < -0.39 is 5.41 Å². The molecule has 0 atom stereocenters. The summed E-state index contributed by atoms with van der Waals surface area (Å²) in [5, 5.41) is 0. The van der Waals surface area contributed by atoms with E-state index in [2.05, 4.69) is 19.7 Å². The number of rotatable bonds is 7. The second kappa shape index (κ2) is 6.19. The third-order valence-corrected chi connectivity index (χ3v) is 2.01. The predicted molar refractivity (Wildman–Crippen MR) is 58.9 cm³/mol. The number of hydrogen-bond acceptors (Lipinski definition) is 2. The van der Waals surface area contributed by atoms with Crippen LogP contribution >= 0.6 is 0 Å². The normalized spacial score (nSPS) is 10.4. The molecule has 0 fully saturated rings. The Morgan fingerprint density at radius 3 is 2.07 bits per heavy atom. The Morgan fingerprint density at radius 1 is 1.21 bits per heavy atom. The zero-order valence-electron chi connectivity index (χ0n) is 8.79. The van der Waals surface area contributed by atoms with Gasteiger partial charge in [-0.1, -0.05) is 24.8 Å². The molecule has 0 spiro atoms. The highest BCUT2D eigenvalue weighted by Gasteiger charge is 2.31. The molecule has 0 saturated heterocycles. The van der Waals surface area contributed by atoms with Gasteiger partial charge in [-0.25, -0.2) is 0 Å². The second-order valence-electron chi connectivity index (χ2n) is 3.43. The fourth-order valence-corrected chi connectivity index (χ4v) is 1.20. The Morgan fingerprint density at radius 2 is 1.71 bits per heavy atom. The number of ether oxygens (including phenoxy) is 1. The van der Waals surface area contributed by atoms with Crippen LogP contribution in [0.15, 0.2) is 38.0 Å². The molecule has 78 valence electrons. The second-order valence-corrected chi connectivity index (χ2v) is 3.43. The molecule has 0 aliphatic heterocycles. The van der Waals surface area contributed by atoms with E-state index >= 15 is 0 Å². The maximum absolute atomic E-state index is 11.6. The van der Waals surface area contributed by atoms with Crippen molar-refractivity contribution in [1.82, 2.24) is 0 Å².